The van der Waals surface area contributed by atoms with Gasteiger partial charge in [-0.3, -0.25) is 0 Å². The molecule has 0 bridgehead atoms. The van der Waals surface area contributed by atoms with Crippen LogP contribution in [0, 0.1) is 4.77 Å². The number of hydrogen-bond donors (Lipinski definition) is 1. The van der Waals surface area contributed by atoms with Crippen LogP contribution in [0.25, 0.3) is 11.0 Å². The highest BCUT2D eigenvalue weighted by Gasteiger charge is 2.05. The zero-order chi connectivity index (χ0) is 10.8. The molecule has 0 spiro atoms. The first kappa shape index (κ1) is 11.0. The quantitative estimate of drug-likeness (QED) is 0.847. The summed E-state index contributed by atoms with van der Waals surface area (Å²) in [6.07, 6.45) is 2.09. The highest BCUT2D eigenvalue weighted by atomic mass is 35.5. The van der Waals surface area contributed by atoms with Gasteiger partial charge in [-0.05, 0) is 30.6 Å². The second-order valence-electron chi connectivity index (χ2n) is 3.21. The number of aryl methyl sites for hydroxylation is 1. The number of halogens is 1. The first-order valence-corrected chi connectivity index (χ1v) is 6.78. The lowest BCUT2D eigenvalue weighted by molar-refractivity contribution is 0.784. The fourth-order valence-corrected chi connectivity index (χ4v) is 2.42. The normalized spacial score (nSPS) is 11.1. The Morgan fingerprint density at radius 3 is 3.07 bits per heavy atom. The molecule has 80 valence electrons. The molecule has 0 saturated carbocycles. The van der Waals surface area contributed by atoms with Crippen molar-refractivity contribution in [3.63, 3.8) is 0 Å². The van der Waals surface area contributed by atoms with Gasteiger partial charge in [-0.25, -0.2) is 0 Å². The van der Waals surface area contributed by atoms with Crippen molar-refractivity contribution in [2.45, 2.75) is 6.54 Å². The Kier molecular flexibility index (Phi) is 3.38. The summed E-state index contributed by atoms with van der Waals surface area (Å²) in [6, 6.07) is 5.85. The highest BCUT2D eigenvalue weighted by Crippen LogP contribution is 2.22. The number of imidazole rings is 1. The molecule has 0 aliphatic rings. The molecule has 0 saturated heterocycles. The summed E-state index contributed by atoms with van der Waals surface area (Å²) in [4.78, 5) is 3.14. The number of aromatic amines is 1. The summed E-state index contributed by atoms with van der Waals surface area (Å²) < 4.78 is 2.83. The Balaban J connectivity index is 2.58. The number of benzene rings is 1. The van der Waals surface area contributed by atoms with E-state index in [1.54, 1.807) is 0 Å². The molecule has 15 heavy (non-hydrogen) atoms. The molecule has 1 N–H and O–H groups in total. The van der Waals surface area contributed by atoms with E-state index in [0.29, 0.717) is 0 Å². The molecular formula is C10H11ClN2S2. The topological polar surface area (TPSA) is 20.7 Å². The summed E-state index contributed by atoms with van der Waals surface area (Å²) >= 11 is 13.2. The van der Waals surface area contributed by atoms with Gasteiger partial charge in [-0.1, -0.05) is 17.7 Å². The summed E-state index contributed by atoms with van der Waals surface area (Å²) in [7, 11) is 0. The summed E-state index contributed by atoms with van der Waals surface area (Å²) in [6.45, 7) is 0.917. The second-order valence-corrected chi connectivity index (χ2v) is 4.99. The van der Waals surface area contributed by atoms with Crippen LogP contribution in [0.4, 0.5) is 0 Å². The Bertz CT molecular complexity index is 530. The van der Waals surface area contributed by atoms with E-state index in [1.165, 1.54) is 0 Å². The lowest BCUT2D eigenvalue weighted by Gasteiger charge is -2.02. The molecule has 2 rings (SSSR count). The van der Waals surface area contributed by atoms with Gasteiger partial charge in [0.25, 0.3) is 0 Å². The number of para-hydroxylation sites is 1. The van der Waals surface area contributed by atoms with E-state index in [-0.39, 0.29) is 0 Å². The number of rotatable bonds is 3. The van der Waals surface area contributed by atoms with Crippen LogP contribution < -0.4 is 0 Å². The first-order chi connectivity index (χ1) is 7.24. The lowest BCUT2D eigenvalue weighted by atomic mass is 10.3. The van der Waals surface area contributed by atoms with E-state index in [2.05, 4.69) is 15.8 Å². The van der Waals surface area contributed by atoms with Crippen molar-refractivity contribution in [2.75, 3.05) is 12.0 Å². The molecule has 1 aromatic carbocycles. The Hall–Kier alpha value is -0.450. The average molecular weight is 259 g/mol. The van der Waals surface area contributed by atoms with Gasteiger partial charge < -0.3 is 9.55 Å². The maximum atomic E-state index is 6.08. The number of aromatic nitrogens is 2. The van der Waals surface area contributed by atoms with Crippen LogP contribution in [0.3, 0.4) is 0 Å². The van der Waals surface area contributed by atoms with Gasteiger partial charge in [-0.15, -0.1) is 0 Å². The van der Waals surface area contributed by atoms with E-state index in [4.69, 9.17) is 23.8 Å². The Morgan fingerprint density at radius 2 is 2.33 bits per heavy atom. The lowest BCUT2D eigenvalue weighted by Crippen LogP contribution is -1.99. The predicted octanol–water partition coefficient (Wildman–Crippen LogP) is 3.72. The van der Waals surface area contributed by atoms with Crippen molar-refractivity contribution in [1.29, 1.82) is 0 Å². The Morgan fingerprint density at radius 1 is 1.53 bits per heavy atom. The van der Waals surface area contributed by atoms with Crippen LogP contribution in [-0.4, -0.2) is 21.6 Å². The van der Waals surface area contributed by atoms with E-state index in [9.17, 15) is 0 Å². The fourth-order valence-electron chi connectivity index (χ4n) is 1.55. The molecule has 2 nitrogen and oxygen atoms in total. The van der Waals surface area contributed by atoms with Gasteiger partial charge in [0.1, 0.15) is 0 Å². The summed E-state index contributed by atoms with van der Waals surface area (Å²) in [5, 5.41) is 0.724. The van der Waals surface area contributed by atoms with Crippen molar-refractivity contribution in [3.05, 3.63) is 28.0 Å². The molecule has 2 aromatic rings. The molecule has 0 atom stereocenters. The van der Waals surface area contributed by atoms with E-state index < -0.39 is 0 Å². The van der Waals surface area contributed by atoms with Gasteiger partial charge in [0.15, 0.2) is 4.77 Å². The van der Waals surface area contributed by atoms with Crippen molar-refractivity contribution in [1.82, 2.24) is 9.55 Å². The molecule has 0 aliphatic heterocycles. The minimum Gasteiger partial charge on any atom is -0.329 e. The number of thioether (sulfide) groups is 1. The number of fused-ring (bicyclic) bond motifs is 1. The maximum absolute atomic E-state index is 6.08. The van der Waals surface area contributed by atoms with Crippen molar-refractivity contribution >= 4 is 46.6 Å². The third-order valence-electron chi connectivity index (χ3n) is 2.28. The number of H-pyrrole nitrogens is 1. The number of nitrogens with one attached hydrogen (secondary N) is 1. The second kappa shape index (κ2) is 4.60. The van der Waals surface area contributed by atoms with Crippen LogP contribution in [-0.2, 0) is 6.54 Å². The molecular weight excluding hydrogens is 248 g/mol. The van der Waals surface area contributed by atoms with Gasteiger partial charge in [-0.2, -0.15) is 11.8 Å². The molecule has 0 radical (unpaired) electrons. The standard InChI is InChI=1S/C10H11ClN2S2/c1-15-6-5-13-8-4-2-3-7(11)9(8)12-10(13)14/h2-4H,5-6H2,1H3,(H,12,14). The molecule has 0 aliphatic carbocycles. The van der Waals surface area contributed by atoms with Crippen LogP contribution in [0.5, 0.6) is 0 Å². The van der Waals surface area contributed by atoms with Crippen LogP contribution in [0.1, 0.15) is 0 Å². The van der Waals surface area contributed by atoms with Gasteiger partial charge in [0.05, 0.1) is 16.1 Å². The third kappa shape index (κ3) is 2.07. The van der Waals surface area contributed by atoms with Crippen molar-refractivity contribution in [3.8, 4) is 0 Å². The smallest absolute Gasteiger partial charge is 0.178 e. The van der Waals surface area contributed by atoms with E-state index in [1.807, 2.05) is 30.0 Å². The zero-order valence-electron chi connectivity index (χ0n) is 8.29. The molecule has 0 fully saturated rings. The Labute approximate surface area is 103 Å². The first-order valence-electron chi connectivity index (χ1n) is 4.60. The highest BCUT2D eigenvalue weighted by molar-refractivity contribution is 7.98. The van der Waals surface area contributed by atoms with Gasteiger partial charge >= 0.3 is 0 Å². The number of hydrogen-bond acceptors (Lipinski definition) is 2. The van der Waals surface area contributed by atoms with Crippen LogP contribution >= 0.6 is 35.6 Å². The minimum absolute atomic E-state index is 0.724. The summed E-state index contributed by atoms with van der Waals surface area (Å²) in [5.74, 6) is 1.05. The molecule has 0 amide bonds. The average Bonchev–Trinajstić information content (AvgIpc) is 2.54. The van der Waals surface area contributed by atoms with Crippen molar-refractivity contribution < 1.29 is 0 Å². The predicted molar refractivity (Wildman–Crippen MR) is 70.5 cm³/mol. The van der Waals surface area contributed by atoms with Crippen LogP contribution in [0.2, 0.25) is 5.02 Å². The fraction of sp³-hybridized carbons (Fsp3) is 0.300. The van der Waals surface area contributed by atoms with Crippen LogP contribution in [0.15, 0.2) is 18.2 Å². The minimum atomic E-state index is 0.724. The zero-order valence-corrected chi connectivity index (χ0v) is 10.7. The maximum Gasteiger partial charge on any atom is 0.178 e. The largest absolute Gasteiger partial charge is 0.329 e. The number of nitrogens with zero attached hydrogens (tertiary/aromatic N) is 1. The third-order valence-corrected chi connectivity index (χ3v) is 3.51. The SMILES string of the molecule is CSCCn1c(=S)[nH]c2c(Cl)cccc21. The molecule has 5 heteroatoms. The van der Waals surface area contributed by atoms with E-state index >= 15 is 0 Å². The summed E-state index contributed by atoms with van der Waals surface area (Å²) in [5.41, 5.74) is 2.02. The van der Waals surface area contributed by atoms with Gasteiger partial charge in [0, 0.05) is 12.3 Å². The monoisotopic (exact) mass is 258 g/mol. The molecule has 1 aromatic heterocycles. The molecule has 1 heterocycles. The van der Waals surface area contributed by atoms with Gasteiger partial charge in [0.2, 0.25) is 0 Å². The van der Waals surface area contributed by atoms with E-state index in [0.717, 1.165) is 33.1 Å². The molecule has 0 unspecified atom stereocenters. The van der Waals surface area contributed by atoms with Crippen molar-refractivity contribution in [2.24, 2.45) is 0 Å².